The van der Waals surface area contributed by atoms with E-state index in [1.165, 1.54) is 23.1 Å². The first kappa shape index (κ1) is 19.9. The van der Waals surface area contributed by atoms with Gasteiger partial charge in [0.25, 0.3) is 11.8 Å². The van der Waals surface area contributed by atoms with Crippen LogP contribution in [0.15, 0.2) is 54.2 Å². The molecule has 2 aliphatic heterocycles. The first-order chi connectivity index (χ1) is 13.9. The molecule has 8 heteroatoms. The predicted molar refractivity (Wildman–Crippen MR) is 107 cm³/mol. The van der Waals surface area contributed by atoms with E-state index in [9.17, 15) is 14.0 Å². The number of amides is 2. The molecule has 0 aromatic heterocycles. The highest BCUT2D eigenvalue weighted by Gasteiger charge is 2.36. The highest BCUT2D eigenvalue weighted by atomic mass is 35.5. The molecule has 1 unspecified atom stereocenters. The molecule has 2 aromatic rings. The zero-order valence-electron chi connectivity index (χ0n) is 15.3. The van der Waals surface area contributed by atoms with Crippen molar-refractivity contribution in [1.29, 1.82) is 0 Å². The summed E-state index contributed by atoms with van der Waals surface area (Å²) in [5.41, 5.74) is 1.63. The summed E-state index contributed by atoms with van der Waals surface area (Å²) in [7, 11) is 0. The van der Waals surface area contributed by atoms with Crippen molar-refractivity contribution in [2.45, 2.75) is 12.6 Å². The summed E-state index contributed by atoms with van der Waals surface area (Å²) in [6.07, 6.45) is 0.799. The molecule has 0 spiro atoms. The van der Waals surface area contributed by atoms with Gasteiger partial charge >= 0.3 is 0 Å². The Morgan fingerprint density at radius 2 is 1.86 bits per heavy atom. The van der Waals surface area contributed by atoms with Crippen molar-refractivity contribution in [2.75, 3.05) is 19.7 Å². The van der Waals surface area contributed by atoms with Crippen molar-refractivity contribution >= 4 is 35.0 Å². The molecule has 1 fully saturated rings. The minimum absolute atomic E-state index is 0.0674. The van der Waals surface area contributed by atoms with E-state index in [2.05, 4.69) is 0 Å². The fraction of sp³-hybridized carbons (Fsp3) is 0.238. The van der Waals surface area contributed by atoms with Crippen LogP contribution in [0.5, 0.6) is 0 Å². The van der Waals surface area contributed by atoms with Crippen LogP contribution in [0.2, 0.25) is 10.0 Å². The van der Waals surface area contributed by atoms with Crippen molar-refractivity contribution in [2.24, 2.45) is 0 Å². The average Bonchev–Trinajstić information content (AvgIpc) is 3.00. The zero-order valence-corrected chi connectivity index (χ0v) is 16.8. The van der Waals surface area contributed by atoms with Crippen molar-refractivity contribution < 1.29 is 18.7 Å². The molecule has 0 bridgehead atoms. The van der Waals surface area contributed by atoms with Crippen LogP contribution in [-0.2, 0) is 20.9 Å². The maximum atomic E-state index is 13.9. The molecule has 2 aliphatic rings. The number of carbonyl (C=O) groups is 2. The van der Waals surface area contributed by atoms with Crippen LogP contribution in [0.25, 0.3) is 0 Å². The van der Waals surface area contributed by atoms with Gasteiger partial charge in [0.1, 0.15) is 17.6 Å². The van der Waals surface area contributed by atoms with E-state index < -0.39 is 11.9 Å². The van der Waals surface area contributed by atoms with Gasteiger partial charge in [0.2, 0.25) is 0 Å². The lowest BCUT2D eigenvalue weighted by Crippen LogP contribution is -2.41. The van der Waals surface area contributed by atoms with Crippen LogP contribution in [0, 0.1) is 5.82 Å². The summed E-state index contributed by atoms with van der Waals surface area (Å²) in [5.74, 6) is -1.30. The first-order valence-corrected chi connectivity index (χ1v) is 9.82. The van der Waals surface area contributed by atoms with Crippen LogP contribution in [0.4, 0.5) is 4.39 Å². The largest absolute Gasteiger partial charge is 0.370 e. The average molecular weight is 435 g/mol. The molecule has 0 N–H and O–H groups in total. The molecule has 2 heterocycles. The number of nitrogens with zero attached hydrogens (tertiary/aromatic N) is 2. The van der Waals surface area contributed by atoms with E-state index in [4.69, 9.17) is 27.9 Å². The molecule has 4 rings (SSSR count). The summed E-state index contributed by atoms with van der Waals surface area (Å²) >= 11 is 12.0. The molecule has 2 amide bonds. The smallest absolute Gasteiger partial charge is 0.277 e. The predicted octanol–water partition coefficient (Wildman–Crippen LogP) is 3.96. The van der Waals surface area contributed by atoms with Crippen LogP contribution in [0.3, 0.4) is 0 Å². The quantitative estimate of drug-likeness (QED) is 0.539. The molecular formula is C21H17Cl2FN2O3. The maximum absolute atomic E-state index is 13.9. The highest BCUT2D eigenvalue weighted by Crippen LogP contribution is 2.34. The molecule has 150 valence electrons. The Morgan fingerprint density at radius 3 is 2.62 bits per heavy atom. The number of rotatable bonds is 4. The van der Waals surface area contributed by atoms with E-state index in [0.29, 0.717) is 24.4 Å². The standard InChI is InChI=1S/C21H17Cl2FN2O3/c22-15-9-16(23)17(24)8-14(15)19-12-25(6-7-29-19)18-10-20(27)26(21(18)28)11-13-4-2-1-3-5-13/h1-5,8-10,19H,6-7,11-12H2. The van der Waals surface area contributed by atoms with Gasteiger partial charge in [0.05, 0.1) is 18.2 Å². The van der Waals surface area contributed by atoms with Crippen molar-refractivity contribution in [3.63, 3.8) is 0 Å². The number of ether oxygens (including phenoxy) is 1. The summed E-state index contributed by atoms with van der Waals surface area (Å²) in [4.78, 5) is 28.3. The van der Waals surface area contributed by atoms with Gasteiger partial charge in [-0.05, 0) is 17.7 Å². The Balaban J connectivity index is 1.51. The molecule has 1 atom stereocenters. The number of imide groups is 1. The fourth-order valence-corrected chi connectivity index (χ4v) is 3.98. The van der Waals surface area contributed by atoms with Gasteiger partial charge in [-0.1, -0.05) is 53.5 Å². The van der Waals surface area contributed by atoms with Crippen LogP contribution in [0.1, 0.15) is 17.2 Å². The van der Waals surface area contributed by atoms with E-state index in [-0.39, 0.29) is 34.9 Å². The lowest BCUT2D eigenvalue weighted by Gasteiger charge is -2.35. The Kier molecular flexibility index (Phi) is 5.58. The molecule has 5 nitrogen and oxygen atoms in total. The number of halogens is 3. The van der Waals surface area contributed by atoms with E-state index >= 15 is 0 Å². The second kappa shape index (κ2) is 8.14. The summed E-state index contributed by atoms with van der Waals surface area (Å²) in [6.45, 7) is 1.22. The number of hydrogen-bond acceptors (Lipinski definition) is 4. The second-order valence-electron chi connectivity index (χ2n) is 6.84. The molecule has 29 heavy (non-hydrogen) atoms. The van der Waals surface area contributed by atoms with Crippen LogP contribution < -0.4 is 0 Å². The Hall–Kier alpha value is -2.41. The van der Waals surface area contributed by atoms with Gasteiger partial charge in [0, 0.05) is 29.8 Å². The Labute approximate surface area is 177 Å². The van der Waals surface area contributed by atoms with Gasteiger partial charge in [-0.25, -0.2) is 4.39 Å². The third kappa shape index (κ3) is 4.01. The van der Waals surface area contributed by atoms with E-state index in [1.807, 2.05) is 30.3 Å². The lowest BCUT2D eigenvalue weighted by atomic mass is 10.1. The number of benzene rings is 2. The zero-order chi connectivity index (χ0) is 20.5. The SMILES string of the molecule is O=C1C=C(N2CCOC(c3cc(F)c(Cl)cc3Cl)C2)C(=O)N1Cc1ccccc1. The molecule has 2 aromatic carbocycles. The van der Waals surface area contributed by atoms with Gasteiger partial charge in [-0.15, -0.1) is 0 Å². The Morgan fingerprint density at radius 1 is 1.10 bits per heavy atom. The summed E-state index contributed by atoms with van der Waals surface area (Å²) in [5, 5.41) is 0.221. The van der Waals surface area contributed by atoms with Gasteiger partial charge in [-0.2, -0.15) is 0 Å². The number of carbonyl (C=O) groups excluding carboxylic acids is 2. The van der Waals surface area contributed by atoms with Gasteiger partial charge in [-0.3, -0.25) is 14.5 Å². The number of hydrogen-bond donors (Lipinski definition) is 0. The highest BCUT2D eigenvalue weighted by molar-refractivity contribution is 6.35. The number of morpholine rings is 1. The topological polar surface area (TPSA) is 49.9 Å². The second-order valence-corrected chi connectivity index (χ2v) is 7.65. The third-order valence-electron chi connectivity index (χ3n) is 4.97. The molecular weight excluding hydrogens is 418 g/mol. The van der Waals surface area contributed by atoms with E-state index in [0.717, 1.165) is 5.56 Å². The molecule has 1 saturated heterocycles. The molecule has 0 saturated carbocycles. The summed E-state index contributed by atoms with van der Waals surface area (Å²) in [6, 6.07) is 11.9. The van der Waals surface area contributed by atoms with Gasteiger partial charge in [0.15, 0.2) is 0 Å². The van der Waals surface area contributed by atoms with Crippen molar-refractivity contribution in [1.82, 2.24) is 9.80 Å². The monoisotopic (exact) mass is 434 g/mol. The fourth-order valence-electron chi connectivity index (χ4n) is 3.48. The van der Waals surface area contributed by atoms with Crippen LogP contribution >= 0.6 is 23.2 Å². The minimum Gasteiger partial charge on any atom is -0.370 e. The molecule has 0 radical (unpaired) electrons. The lowest BCUT2D eigenvalue weighted by molar-refractivity contribution is -0.139. The van der Waals surface area contributed by atoms with Crippen molar-refractivity contribution in [3.8, 4) is 0 Å². The van der Waals surface area contributed by atoms with E-state index in [1.54, 1.807) is 4.90 Å². The first-order valence-electron chi connectivity index (χ1n) is 9.06. The summed E-state index contributed by atoms with van der Waals surface area (Å²) < 4.78 is 19.6. The Bertz CT molecular complexity index is 997. The third-order valence-corrected chi connectivity index (χ3v) is 5.58. The van der Waals surface area contributed by atoms with Crippen LogP contribution in [-0.4, -0.2) is 41.3 Å². The normalized spacial score (nSPS) is 19.7. The maximum Gasteiger partial charge on any atom is 0.277 e. The van der Waals surface area contributed by atoms with Crippen molar-refractivity contribution in [3.05, 3.63) is 81.2 Å². The molecule has 0 aliphatic carbocycles. The minimum atomic E-state index is -0.591. The van der Waals surface area contributed by atoms with Gasteiger partial charge < -0.3 is 9.64 Å².